The minimum Gasteiger partial charge on any atom is -0.477 e. The Kier molecular flexibility index (Phi) is 2.18. The van der Waals surface area contributed by atoms with Crippen LogP contribution in [-0.4, -0.2) is 15.5 Å². The zero-order chi connectivity index (χ0) is 11.7. The number of aromatic carboxylic acids is 1. The zero-order valence-electron chi connectivity index (χ0n) is 8.04. The van der Waals surface area contributed by atoms with Gasteiger partial charge in [-0.15, -0.1) is 0 Å². The maximum Gasteiger partial charge on any atom is 0.341 e. The molecular formula is C11H6N2O3. The Hall–Kier alpha value is -2.61. The van der Waals surface area contributed by atoms with E-state index >= 15 is 0 Å². The van der Waals surface area contributed by atoms with E-state index < -0.39 is 17.1 Å². The van der Waals surface area contributed by atoms with Crippen molar-refractivity contribution in [3.63, 3.8) is 0 Å². The Morgan fingerprint density at radius 2 is 2.19 bits per heavy atom. The predicted octanol–water partition coefficient (Wildman–Crippen LogP) is 0.869. The van der Waals surface area contributed by atoms with Gasteiger partial charge in [-0.1, -0.05) is 6.07 Å². The maximum atomic E-state index is 11.7. The van der Waals surface area contributed by atoms with Crippen molar-refractivity contribution in [2.75, 3.05) is 0 Å². The minimum atomic E-state index is -1.33. The van der Waals surface area contributed by atoms with Gasteiger partial charge in [0, 0.05) is 6.20 Å². The van der Waals surface area contributed by atoms with Gasteiger partial charge in [-0.3, -0.25) is 9.20 Å². The molecule has 78 valence electrons. The standard InChI is InChI=1S/C11H6N2O3/c12-6-7-5-8(11(15)16)10(14)13-4-2-1-3-9(7)13/h1-5H,(H,15,16). The van der Waals surface area contributed by atoms with Gasteiger partial charge in [-0.25, -0.2) is 4.79 Å². The van der Waals surface area contributed by atoms with Crippen molar-refractivity contribution in [3.8, 4) is 6.07 Å². The van der Waals surface area contributed by atoms with Crippen LogP contribution in [0.25, 0.3) is 5.52 Å². The third-order valence-corrected chi connectivity index (χ3v) is 2.22. The van der Waals surface area contributed by atoms with Crippen molar-refractivity contribution < 1.29 is 9.90 Å². The van der Waals surface area contributed by atoms with Crippen LogP contribution < -0.4 is 5.56 Å². The second-order valence-corrected chi connectivity index (χ2v) is 3.15. The molecule has 0 saturated heterocycles. The maximum absolute atomic E-state index is 11.7. The summed E-state index contributed by atoms with van der Waals surface area (Å²) in [5, 5.41) is 17.7. The lowest BCUT2D eigenvalue weighted by atomic mass is 10.1. The molecule has 0 aliphatic carbocycles. The monoisotopic (exact) mass is 214 g/mol. The number of aromatic nitrogens is 1. The minimum absolute atomic E-state index is 0.164. The van der Waals surface area contributed by atoms with E-state index in [2.05, 4.69) is 0 Å². The van der Waals surface area contributed by atoms with E-state index in [1.807, 2.05) is 6.07 Å². The van der Waals surface area contributed by atoms with Crippen molar-refractivity contribution in [1.29, 1.82) is 5.26 Å². The highest BCUT2D eigenvalue weighted by Gasteiger charge is 2.13. The first-order valence-electron chi connectivity index (χ1n) is 4.43. The number of hydrogen-bond acceptors (Lipinski definition) is 3. The molecule has 0 radical (unpaired) electrons. The van der Waals surface area contributed by atoms with Gasteiger partial charge < -0.3 is 5.11 Å². The first-order chi connectivity index (χ1) is 7.65. The quantitative estimate of drug-likeness (QED) is 0.763. The molecule has 0 bridgehead atoms. The molecule has 0 atom stereocenters. The summed E-state index contributed by atoms with van der Waals surface area (Å²) in [7, 11) is 0. The number of pyridine rings is 2. The molecule has 2 heterocycles. The summed E-state index contributed by atoms with van der Waals surface area (Å²) in [5.41, 5.74) is -0.472. The summed E-state index contributed by atoms with van der Waals surface area (Å²) >= 11 is 0. The number of fused-ring (bicyclic) bond motifs is 1. The van der Waals surface area contributed by atoms with Crippen LogP contribution in [0.3, 0.4) is 0 Å². The smallest absolute Gasteiger partial charge is 0.341 e. The Morgan fingerprint density at radius 1 is 1.44 bits per heavy atom. The average Bonchev–Trinajstić information content (AvgIpc) is 2.29. The van der Waals surface area contributed by atoms with Crippen LogP contribution in [0.4, 0.5) is 0 Å². The summed E-state index contributed by atoms with van der Waals surface area (Å²) < 4.78 is 1.15. The van der Waals surface area contributed by atoms with Gasteiger partial charge in [0.05, 0.1) is 11.1 Å². The van der Waals surface area contributed by atoms with E-state index in [0.717, 1.165) is 10.5 Å². The molecule has 5 nitrogen and oxygen atoms in total. The molecule has 0 aliphatic heterocycles. The lowest BCUT2D eigenvalue weighted by Crippen LogP contribution is -2.22. The molecule has 5 heteroatoms. The molecule has 2 rings (SSSR count). The highest BCUT2D eigenvalue weighted by Crippen LogP contribution is 2.09. The Balaban J connectivity index is 3.02. The zero-order valence-corrected chi connectivity index (χ0v) is 8.04. The molecule has 0 fully saturated rings. The Morgan fingerprint density at radius 3 is 2.81 bits per heavy atom. The van der Waals surface area contributed by atoms with Gasteiger partial charge in [0.2, 0.25) is 0 Å². The van der Waals surface area contributed by atoms with Crippen molar-refractivity contribution in [3.05, 3.63) is 51.9 Å². The second kappa shape index (κ2) is 3.51. The first-order valence-corrected chi connectivity index (χ1v) is 4.43. The number of carboxylic acid groups (broad SMARTS) is 1. The van der Waals surface area contributed by atoms with E-state index in [1.165, 1.54) is 6.20 Å². The van der Waals surface area contributed by atoms with E-state index in [4.69, 9.17) is 10.4 Å². The predicted molar refractivity (Wildman–Crippen MR) is 55.3 cm³/mol. The molecule has 2 aromatic heterocycles. The van der Waals surface area contributed by atoms with Gasteiger partial charge in [0.1, 0.15) is 11.6 Å². The number of nitrogens with zero attached hydrogens (tertiary/aromatic N) is 2. The van der Waals surface area contributed by atoms with E-state index in [0.29, 0.717) is 5.52 Å². The summed E-state index contributed by atoms with van der Waals surface area (Å²) in [6, 6.07) is 7.83. The number of carboxylic acids is 1. The van der Waals surface area contributed by atoms with Crippen LogP contribution in [-0.2, 0) is 0 Å². The normalized spacial score (nSPS) is 9.94. The van der Waals surface area contributed by atoms with Gasteiger partial charge in [0.25, 0.3) is 5.56 Å². The average molecular weight is 214 g/mol. The number of carbonyl (C=O) groups is 1. The lowest BCUT2D eigenvalue weighted by molar-refractivity contribution is 0.0694. The SMILES string of the molecule is N#Cc1cc(C(=O)O)c(=O)n2ccccc12. The molecule has 0 aromatic carbocycles. The summed E-state index contributed by atoms with van der Waals surface area (Å²) in [6.45, 7) is 0. The van der Waals surface area contributed by atoms with Crippen molar-refractivity contribution in [2.24, 2.45) is 0 Å². The molecule has 2 aromatic rings. The molecule has 16 heavy (non-hydrogen) atoms. The number of nitriles is 1. The van der Waals surface area contributed by atoms with Crippen molar-refractivity contribution in [2.45, 2.75) is 0 Å². The summed E-state index contributed by atoms with van der Waals surface area (Å²) in [4.78, 5) is 22.5. The first kappa shape index (κ1) is 9.93. The number of hydrogen-bond donors (Lipinski definition) is 1. The molecular weight excluding hydrogens is 208 g/mol. The second-order valence-electron chi connectivity index (χ2n) is 3.15. The topological polar surface area (TPSA) is 82.6 Å². The largest absolute Gasteiger partial charge is 0.477 e. The van der Waals surface area contributed by atoms with Crippen molar-refractivity contribution in [1.82, 2.24) is 4.40 Å². The Bertz CT molecular complexity index is 680. The van der Waals surface area contributed by atoms with E-state index in [9.17, 15) is 9.59 Å². The molecule has 0 amide bonds. The fraction of sp³-hybridized carbons (Fsp3) is 0. The Labute approximate surface area is 89.8 Å². The van der Waals surface area contributed by atoms with Gasteiger partial charge in [-0.05, 0) is 18.2 Å². The molecule has 0 aliphatic rings. The fourth-order valence-corrected chi connectivity index (χ4v) is 1.49. The van der Waals surface area contributed by atoms with Crippen LogP contribution in [0.5, 0.6) is 0 Å². The van der Waals surface area contributed by atoms with Gasteiger partial charge in [0.15, 0.2) is 0 Å². The van der Waals surface area contributed by atoms with E-state index in [1.54, 1.807) is 18.2 Å². The molecule has 0 unspecified atom stereocenters. The van der Waals surface area contributed by atoms with E-state index in [-0.39, 0.29) is 5.56 Å². The third kappa shape index (κ3) is 1.33. The summed E-state index contributed by atoms with van der Waals surface area (Å²) in [5.74, 6) is -1.33. The number of rotatable bonds is 1. The van der Waals surface area contributed by atoms with Crippen molar-refractivity contribution >= 4 is 11.5 Å². The van der Waals surface area contributed by atoms with Crippen LogP contribution in [0.1, 0.15) is 15.9 Å². The highest BCUT2D eigenvalue weighted by molar-refractivity contribution is 5.88. The summed E-state index contributed by atoms with van der Waals surface area (Å²) in [6.07, 6.45) is 1.44. The third-order valence-electron chi connectivity index (χ3n) is 2.22. The van der Waals surface area contributed by atoms with Crippen LogP contribution >= 0.6 is 0 Å². The molecule has 0 saturated carbocycles. The van der Waals surface area contributed by atoms with Crippen LogP contribution in [0, 0.1) is 11.3 Å². The lowest BCUT2D eigenvalue weighted by Gasteiger charge is -2.03. The molecule has 1 N–H and O–H groups in total. The van der Waals surface area contributed by atoms with Gasteiger partial charge in [-0.2, -0.15) is 5.26 Å². The highest BCUT2D eigenvalue weighted by atomic mass is 16.4. The van der Waals surface area contributed by atoms with Crippen LogP contribution in [0.15, 0.2) is 35.3 Å². The fourth-order valence-electron chi connectivity index (χ4n) is 1.49. The van der Waals surface area contributed by atoms with Crippen LogP contribution in [0.2, 0.25) is 0 Å². The molecule has 0 spiro atoms. The van der Waals surface area contributed by atoms with Gasteiger partial charge >= 0.3 is 5.97 Å².